The molecular weight excluding hydrogens is 362 g/mol. The molecule has 2 aromatic rings. The Labute approximate surface area is 153 Å². The first kappa shape index (κ1) is 17.7. The third-order valence-electron chi connectivity index (χ3n) is 5.20. The average Bonchev–Trinajstić information content (AvgIpc) is 2.61. The van der Waals surface area contributed by atoms with Gasteiger partial charge in [0.2, 0.25) is 0 Å². The minimum Gasteiger partial charge on any atom is -0.385 e. The second kappa shape index (κ2) is 7.81. The molecule has 0 saturated carbocycles. The van der Waals surface area contributed by atoms with Crippen molar-refractivity contribution in [3.63, 3.8) is 0 Å². The van der Waals surface area contributed by atoms with Crippen LogP contribution in [0.1, 0.15) is 43.2 Å². The van der Waals surface area contributed by atoms with E-state index in [1.165, 1.54) is 24.8 Å². The average molecular weight is 388 g/mol. The normalized spacial score (nSPS) is 19.6. The number of halogens is 1. The van der Waals surface area contributed by atoms with Gasteiger partial charge in [-0.3, -0.25) is 0 Å². The van der Waals surface area contributed by atoms with Crippen LogP contribution in [0.3, 0.4) is 0 Å². The molecule has 0 aliphatic carbocycles. The van der Waals surface area contributed by atoms with Crippen molar-refractivity contribution >= 4 is 15.9 Å². The molecule has 1 aliphatic heterocycles. The van der Waals surface area contributed by atoms with E-state index in [1.54, 1.807) is 0 Å². The fourth-order valence-corrected chi connectivity index (χ4v) is 3.95. The zero-order valence-corrected chi connectivity index (χ0v) is 15.9. The van der Waals surface area contributed by atoms with Gasteiger partial charge in [-0.05, 0) is 56.1 Å². The molecule has 2 nitrogen and oxygen atoms in total. The van der Waals surface area contributed by atoms with E-state index in [0.717, 1.165) is 29.7 Å². The number of aliphatic hydroxyl groups is 1. The molecule has 3 rings (SSSR count). The Balaban J connectivity index is 1.91. The summed E-state index contributed by atoms with van der Waals surface area (Å²) < 4.78 is 1.04. The van der Waals surface area contributed by atoms with E-state index >= 15 is 0 Å². The molecule has 1 saturated heterocycles. The minimum absolute atomic E-state index is 0.0537. The Hall–Kier alpha value is -1.16. The SMILES string of the molecule is CC(O)(c1ccc(Br)cc1)C(CN1CCCCC1)c1ccccc1. The van der Waals surface area contributed by atoms with Crippen LogP contribution in [0.4, 0.5) is 0 Å². The van der Waals surface area contributed by atoms with Gasteiger partial charge in [-0.15, -0.1) is 0 Å². The Morgan fingerprint density at radius 3 is 2.25 bits per heavy atom. The van der Waals surface area contributed by atoms with Crippen molar-refractivity contribution in [2.45, 2.75) is 37.7 Å². The zero-order valence-electron chi connectivity index (χ0n) is 14.3. The third kappa shape index (κ3) is 4.08. The van der Waals surface area contributed by atoms with Crippen LogP contribution in [0.2, 0.25) is 0 Å². The topological polar surface area (TPSA) is 23.5 Å². The standard InChI is InChI=1S/C21H26BrNO/c1-21(24,18-10-12-19(22)13-11-18)20(17-8-4-2-5-9-17)16-23-14-6-3-7-15-23/h2,4-5,8-13,20,24H,3,6-7,14-16H2,1H3. The lowest BCUT2D eigenvalue weighted by atomic mass is 9.78. The monoisotopic (exact) mass is 387 g/mol. The molecule has 2 atom stereocenters. The van der Waals surface area contributed by atoms with Gasteiger partial charge >= 0.3 is 0 Å². The van der Waals surface area contributed by atoms with Crippen molar-refractivity contribution in [3.8, 4) is 0 Å². The number of hydrogen-bond donors (Lipinski definition) is 1. The highest BCUT2D eigenvalue weighted by Crippen LogP contribution is 2.38. The predicted molar refractivity (Wildman–Crippen MR) is 103 cm³/mol. The molecule has 2 unspecified atom stereocenters. The number of nitrogens with zero attached hydrogens (tertiary/aromatic N) is 1. The molecular formula is C21H26BrNO. The Morgan fingerprint density at radius 1 is 1.00 bits per heavy atom. The van der Waals surface area contributed by atoms with Crippen molar-refractivity contribution in [1.82, 2.24) is 4.90 Å². The summed E-state index contributed by atoms with van der Waals surface area (Å²) >= 11 is 3.48. The van der Waals surface area contributed by atoms with Gasteiger partial charge in [0.25, 0.3) is 0 Å². The van der Waals surface area contributed by atoms with Gasteiger partial charge in [-0.25, -0.2) is 0 Å². The number of likely N-dealkylation sites (tertiary alicyclic amines) is 1. The second-order valence-electron chi connectivity index (χ2n) is 6.98. The molecule has 128 valence electrons. The van der Waals surface area contributed by atoms with Gasteiger partial charge in [0.15, 0.2) is 0 Å². The van der Waals surface area contributed by atoms with Crippen LogP contribution < -0.4 is 0 Å². The molecule has 3 heteroatoms. The number of rotatable bonds is 5. The van der Waals surface area contributed by atoms with Crippen molar-refractivity contribution in [2.24, 2.45) is 0 Å². The summed E-state index contributed by atoms with van der Waals surface area (Å²) in [6.45, 7) is 5.13. The lowest BCUT2D eigenvalue weighted by Gasteiger charge is -2.38. The van der Waals surface area contributed by atoms with Crippen molar-refractivity contribution in [1.29, 1.82) is 0 Å². The summed E-state index contributed by atoms with van der Waals surface area (Å²) in [5, 5.41) is 11.5. The highest BCUT2D eigenvalue weighted by Gasteiger charge is 2.36. The summed E-state index contributed by atoms with van der Waals surface area (Å²) in [5.74, 6) is 0.0537. The maximum Gasteiger partial charge on any atom is 0.0949 e. The minimum atomic E-state index is -0.903. The van der Waals surface area contributed by atoms with Crippen LogP contribution in [0.15, 0.2) is 59.1 Å². The van der Waals surface area contributed by atoms with Gasteiger partial charge in [-0.1, -0.05) is 64.8 Å². The largest absolute Gasteiger partial charge is 0.385 e. The molecule has 24 heavy (non-hydrogen) atoms. The first-order valence-electron chi connectivity index (χ1n) is 8.83. The molecule has 0 spiro atoms. The van der Waals surface area contributed by atoms with Gasteiger partial charge in [0, 0.05) is 16.9 Å². The van der Waals surface area contributed by atoms with E-state index in [1.807, 2.05) is 37.3 Å². The van der Waals surface area contributed by atoms with E-state index in [0.29, 0.717) is 0 Å². The first-order chi connectivity index (χ1) is 11.6. The van der Waals surface area contributed by atoms with Crippen LogP contribution in [0.5, 0.6) is 0 Å². The number of benzene rings is 2. The zero-order chi connectivity index (χ0) is 17.0. The summed E-state index contributed by atoms with van der Waals surface area (Å²) in [6, 6.07) is 18.5. The van der Waals surface area contributed by atoms with Gasteiger partial charge in [0.1, 0.15) is 0 Å². The van der Waals surface area contributed by atoms with Gasteiger partial charge in [-0.2, -0.15) is 0 Å². The summed E-state index contributed by atoms with van der Waals surface area (Å²) in [5.41, 5.74) is 1.27. The van der Waals surface area contributed by atoms with Crippen molar-refractivity contribution in [2.75, 3.05) is 19.6 Å². The molecule has 1 aliphatic rings. The van der Waals surface area contributed by atoms with E-state index in [2.05, 4.69) is 45.1 Å². The van der Waals surface area contributed by atoms with E-state index < -0.39 is 5.60 Å². The smallest absolute Gasteiger partial charge is 0.0949 e. The Morgan fingerprint density at radius 2 is 1.62 bits per heavy atom. The van der Waals surface area contributed by atoms with Crippen LogP contribution in [-0.4, -0.2) is 29.6 Å². The highest BCUT2D eigenvalue weighted by molar-refractivity contribution is 9.10. The van der Waals surface area contributed by atoms with Gasteiger partial charge < -0.3 is 10.0 Å². The highest BCUT2D eigenvalue weighted by atomic mass is 79.9. The Bertz CT molecular complexity index is 633. The van der Waals surface area contributed by atoms with Crippen LogP contribution in [0, 0.1) is 0 Å². The van der Waals surface area contributed by atoms with Crippen molar-refractivity contribution < 1.29 is 5.11 Å². The molecule has 1 fully saturated rings. The van der Waals surface area contributed by atoms with E-state index in [9.17, 15) is 5.11 Å². The maximum atomic E-state index is 11.5. The Kier molecular flexibility index (Phi) is 5.75. The van der Waals surface area contributed by atoms with Crippen LogP contribution >= 0.6 is 15.9 Å². The molecule has 0 aromatic heterocycles. The van der Waals surface area contributed by atoms with Gasteiger partial charge in [0.05, 0.1) is 5.60 Å². The fourth-order valence-electron chi connectivity index (χ4n) is 3.68. The molecule has 0 bridgehead atoms. The number of piperidine rings is 1. The summed E-state index contributed by atoms with van der Waals surface area (Å²) in [7, 11) is 0. The van der Waals surface area contributed by atoms with Crippen molar-refractivity contribution in [3.05, 3.63) is 70.2 Å². The third-order valence-corrected chi connectivity index (χ3v) is 5.73. The van der Waals surface area contributed by atoms with Crippen LogP contribution in [0.25, 0.3) is 0 Å². The quantitative estimate of drug-likeness (QED) is 0.786. The number of hydrogen-bond acceptors (Lipinski definition) is 2. The summed E-state index contributed by atoms with van der Waals surface area (Å²) in [4.78, 5) is 2.51. The molecule has 1 heterocycles. The summed E-state index contributed by atoms with van der Waals surface area (Å²) in [6.07, 6.45) is 3.86. The molecule has 1 N–H and O–H groups in total. The lowest BCUT2D eigenvalue weighted by Crippen LogP contribution is -2.41. The fraction of sp³-hybridized carbons (Fsp3) is 0.429. The van der Waals surface area contributed by atoms with E-state index in [-0.39, 0.29) is 5.92 Å². The molecule has 0 radical (unpaired) electrons. The lowest BCUT2D eigenvalue weighted by molar-refractivity contribution is 0.0107. The maximum absolute atomic E-state index is 11.5. The van der Waals surface area contributed by atoms with Crippen LogP contribution in [-0.2, 0) is 5.60 Å². The first-order valence-corrected chi connectivity index (χ1v) is 9.62. The molecule has 2 aromatic carbocycles. The predicted octanol–water partition coefficient (Wildman–Crippen LogP) is 4.93. The molecule has 0 amide bonds. The second-order valence-corrected chi connectivity index (χ2v) is 7.89. The van der Waals surface area contributed by atoms with E-state index in [4.69, 9.17) is 0 Å².